The maximum atomic E-state index is 5.23. The lowest BCUT2D eigenvalue weighted by atomic mass is 9.89. The van der Waals surface area contributed by atoms with Crippen LogP contribution >= 0.6 is 0 Å². The first-order chi connectivity index (χ1) is 30.2. The van der Waals surface area contributed by atoms with Gasteiger partial charge in [0, 0.05) is 33.2 Å². The van der Waals surface area contributed by atoms with Crippen LogP contribution in [-0.4, -0.2) is 19.5 Å². The second-order valence-electron chi connectivity index (χ2n) is 15.6. The summed E-state index contributed by atoms with van der Waals surface area (Å²) in [4.78, 5) is 15.6. The highest BCUT2D eigenvalue weighted by Gasteiger charge is 2.18. The molecule has 4 heteroatoms. The summed E-state index contributed by atoms with van der Waals surface area (Å²) in [6.45, 7) is 0. The molecule has 284 valence electrons. The molecule has 0 fully saturated rings. The van der Waals surface area contributed by atoms with Crippen molar-refractivity contribution in [2.45, 2.75) is 0 Å². The number of fused-ring (bicyclic) bond motifs is 7. The molecule has 0 bridgehead atoms. The fraction of sp³-hybridized carbons (Fsp3) is 0. The average Bonchev–Trinajstić information content (AvgIpc) is 3.68. The van der Waals surface area contributed by atoms with Crippen LogP contribution in [0.3, 0.4) is 0 Å². The van der Waals surface area contributed by atoms with Gasteiger partial charge in [-0.25, -0.2) is 15.0 Å². The van der Waals surface area contributed by atoms with Crippen molar-refractivity contribution in [1.82, 2.24) is 19.5 Å². The molecule has 12 rings (SSSR count). The maximum absolute atomic E-state index is 5.23. The molecule has 0 atom stereocenters. The number of hydrogen-bond acceptors (Lipinski definition) is 3. The van der Waals surface area contributed by atoms with E-state index < -0.39 is 0 Å². The zero-order valence-corrected chi connectivity index (χ0v) is 33.1. The largest absolute Gasteiger partial charge is 0.309 e. The van der Waals surface area contributed by atoms with Crippen molar-refractivity contribution in [2.24, 2.45) is 0 Å². The molecule has 0 aliphatic heterocycles. The van der Waals surface area contributed by atoms with E-state index in [2.05, 4.69) is 217 Å². The normalized spacial score (nSPS) is 11.6. The van der Waals surface area contributed by atoms with Gasteiger partial charge in [-0.15, -0.1) is 0 Å². The Labute approximate surface area is 352 Å². The molecule has 0 saturated carbocycles. The Balaban J connectivity index is 1.02. The minimum Gasteiger partial charge on any atom is -0.309 e. The Morgan fingerprint density at radius 2 is 0.787 bits per heavy atom. The highest BCUT2D eigenvalue weighted by Crippen LogP contribution is 2.40. The van der Waals surface area contributed by atoms with Crippen LogP contribution in [0, 0.1) is 0 Å². The fourth-order valence-electron chi connectivity index (χ4n) is 9.13. The predicted octanol–water partition coefficient (Wildman–Crippen LogP) is 14.8. The van der Waals surface area contributed by atoms with E-state index in [1.165, 1.54) is 48.7 Å². The van der Waals surface area contributed by atoms with Crippen LogP contribution in [-0.2, 0) is 0 Å². The van der Waals surface area contributed by atoms with E-state index in [9.17, 15) is 0 Å². The van der Waals surface area contributed by atoms with Gasteiger partial charge in [-0.2, -0.15) is 0 Å². The Bertz CT molecular complexity index is 3590. The molecular formula is C57H36N4. The lowest BCUT2D eigenvalue weighted by molar-refractivity contribution is 1.07. The van der Waals surface area contributed by atoms with E-state index in [0.29, 0.717) is 17.5 Å². The molecule has 61 heavy (non-hydrogen) atoms. The highest BCUT2D eigenvalue weighted by atomic mass is 15.0. The predicted molar refractivity (Wildman–Crippen MR) is 254 cm³/mol. The monoisotopic (exact) mass is 776 g/mol. The molecular weight excluding hydrogens is 741 g/mol. The third kappa shape index (κ3) is 5.96. The topological polar surface area (TPSA) is 43.6 Å². The van der Waals surface area contributed by atoms with Gasteiger partial charge in [-0.3, -0.25) is 0 Å². The molecule has 2 aromatic heterocycles. The molecule has 10 aromatic carbocycles. The first-order valence-corrected chi connectivity index (χ1v) is 20.7. The van der Waals surface area contributed by atoms with Crippen LogP contribution < -0.4 is 0 Å². The van der Waals surface area contributed by atoms with Crippen molar-refractivity contribution in [1.29, 1.82) is 0 Å². The van der Waals surface area contributed by atoms with Gasteiger partial charge in [0.05, 0.1) is 11.0 Å². The summed E-state index contributed by atoms with van der Waals surface area (Å²) < 4.78 is 2.33. The summed E-state index contributed by atoms with van der Waals surface area (Å²) in [5.74, 6) is 1.85. The van der Waals surface area contributed by atoms with Crippen LogP contribution in [0.1, 0.15) is 0 Å². The van der Waals surface area contributed by atoms with Gasteiger partial charge < -0.3 is 4.57 Å². The van der Waals surface area contributed by atoms with Gasteiger partial charge in [-0.1, -0.05) is 182 Å². The van der Waals surface area contributed by atoms with E-state index in [0.717, 1.165) is 50.1 Å². The van der Waals surface area contributed by atoms with Crippen molar-refractivity contribution >= 4 is 54.1 Å². The zero-order valence-electron chi connectivity index (χ0n) is 33.1. The van der Waals surface area contributed by atoms with E-state index in [-0.39, 0.29) is 0 Å². The summed E-state index contributed by atoms with van der Waals surface area (Å²) in [6.07, 6.45) is 0. The van der Waals surface area contributed by atoms with Gasteiger partial charge in [0.25, 0.3) is 0 Å². The molecule has 4 nitrogen and oxygen atoms in total. The third-order valence-electron chi connectivity index (χ3n) is 12.0. The fourth-order valence-corrected chi connectivity index (χ4v) is 9.13. The molecule has 0 saturated heterocycles. The molecule has 0 N–H and O–H groups in total. The number of benzene rings is 10. The molecule has 0 aliphatic carbocycles. The number of nitrogens with zero attached hydrogens (tertiary/aromatic N) is 4. The van der Waals surface area contributed by atoms with Crippen molar-refractivity contribution in [3.63, 3.8) is 0 Å². The number of aromatic nitrogens is 4. The van der Waals surface area contributed by atoms with Crippen LogP contribution in [0.25, 0.3) is 116 Å². The highest BCUT2D eigenvalue weighted by molar-refractivity contribution is 6.20. The van der Waals surface area contributed by atoms with Crippen LogP contribution in [0.15, 0.2) is 218 Å². The van der Waals surface area contributed by atoms with Crippen molar-refractivity contribution in [3.05, 3.63) is 218 Å². The second-order valence-corrected chi connectivity index (χ2v) is 15.6. The van der Waals surface area contributed by atoms with Gasteiger partial charge in [0.2, 0.25) is 0 Å². The molecule has 2 heterocycles. The number of hydrogen-bond donors (Lipinski definition) is 0. The summed E-state index contributed by atoms with van der Waals surface area (Å²) in [5, 5.41) is 9.87. The Morgan fingerprint density at radius 1 is 0.262 bits per heavy atom. The number of para-hydroxylation sites is 2. The molecule has 0 spiro atoms. The average molecular weight is 777 g/mol. The third-order valence-corrected chi connectivity index (χ3v) is 12.0. The minimum atomic E-state index is 0.615. The molecule has 0 amide bonds. The zero-order chi connectivity index (χ0) is 40.3. The molecule has 0 aliphatic rings. The van der Waals surface area contributed by atoms with Gasteiger partial charge in [0.1, 0.15) is 0 Å². The van der Waals surface area contributed by atoms with Gasteiger partial charge in [-0.05, 0) is 91.0 Å². The lowest BCUT2D eigenvalue weighted by Gasteiger charge is -2.15. The summed E-state index contributed by atoms with van der Waals surface area (Å²) in [7, 11) is 0. The van der Waals surface area contributed by atoms with Crippen molar-refractivity contribution < 1.29 is 0 Å². The molecule has 0 unspecified atom stereocenters. The van der Waals surface area contributed by atoms with Crippen LogP contribution in [0.4, 0.5) is 0 Å². The first-order valence-electron chi connectivity index (χ1n) is 20.7. The van der Waals surface area contributed by atoms with Crippen LogP contribution in [0.2, 0.25) is 0 Å². The summed E-state index contributed by atoms with van der Waals surface area (Å²) in [5.41, 5.74) is 10.7. The second kappa shape index (κ2) is 14.3. The van der Waals surface area contributed by atoms with E-state index in [4.69, 9.17) is 15.0 Å². The van der Waals surface area contributed by atoms with E-state index in [1.54, 1.807) is 0 Å². The van der Waals surface area contributed by atoms with Gasteiger partial charge >= 0.3 is 0 Å². The minimum absolute atomic E-state index is 0.615. The molecule has 0 radical (unpaired) electrons. The lowest BCUT2D eigenvalue weighted by Crippen LogP contribution is -2.01. The Morgan fingerprint density at radius 3 is 1.51 bits per heavy atom. The Kier molecular flexibility index (Phi) is 8.13. The molecule has 12 aromatic rings. The number of rotatable bonds is 6. The van der Waals surface area contributed by atoms with Crippen molar-refractivity contribution in [3.8, 4) is 62.1 Å². The summed E-state index contributed by atoms with van der Waals surface area (Å²) >= 11 is 0. The van der Waals surface area contributed by atoms with E-state index in [1.807, 2.05) is 6.07 Å². The standard InChI is InChI=1S/C57H36N4/c1-2-14-37(15-3-1)41-18-12-19-43(34-41)56-58-55(59-57(60-56)44-20-13-21-45(35-44)61-52-26-10-8-24-48(52)49-25-9-11-27-53(49)61)40-30-28-39(29-31-40)54-47-23-7-5-17-42(47)36-51-46-22-6-4-16-38(46)32-33-50(51)54/h1-36H. The first kappa shape index (κ1) is 34.8. The maximum Gasteiger partial charge on any atom is 0.164 e. The quantitative estimate of drug-likeness (QED) is 0.125. The smallest absolute Gasteiger partial charge is 0.164 e. The van der Waals surface area contributed by atoms with E-state index >= 15 is 0 Å². The Hall–Kier alpha value is -8.21. The summed E-state index contributed by atoms with van der Waals surface area (Å²) in [6, 6.07) is 77.6. The van der Waals surface area contributed by atoms with Gasteiger partial charge in [0.15, 0.2) is 17.5 Å². The van der Waals surface area contributed by atoms with Crippen molar-refractivity contribution in [2.75, 3.05) is 0 Å². The van der Waals surface area contributed by atoms with Crippen LogP contribution in [0.5, 0.6) is 0 Å². The SMILES string of the molecule is c1ccc(-c2cccc(-c3nc(-c4ccc(-c5c6ccccc6cc6c5ccc5ccccc56)cc4)nc(-c4cccc(-n5c6ccccc6c6ccccc65)c4)n3)c2)cc1.